The minimum absolute atomic E-state index is 0.136. The van der Waals surface area contributed by atoms with Crippen LogP contribution in [0.1, 0.15) is 52.0 Å². The zero-order valence-corrected chi connectivity index (χ0v) is 15.2. The largest absolute Gasteiger partial charge is 0.349 e. The van der Waals surface area contributed by atoms with Gasteiger partial charge >= 0.3 is 0 Å². The summed E-state index contributed by atoms with van der Waals surface area (Å²) in [6.45, 7) is 1.49. The molecule has 0 bridgehead atoms. The van der Waals surface area contributed by atoms with E-state index in [1.54, 1.807) is 0 Å². The number of fused-ring (bicyclic) bond motifs is 1. The van der Waals surface area contributed by atoms with Crippen molar-refractivity contribution in [2.45, 2.75) is 38.3 Å². The minimum atomic E-state index is -0.342. The van der Waals surface area contributed by atoms with E-state index >= 15 is 0 Å². The lowest BCUT2D eigenvalue weighted by molar-refractivity contribution is 0.0732. The standard InChI is InChI=1S/C22H23FN2O2/c23-18-9-7-16(8-10-18)21(26)24-19-11-5-15(6-12-19)13-25-14-17-3-1-2-4-20(17)22(25)27/h1-4,7-10,15,19H,5-6,11-14H2,(H,24,26). The topological polar surface area (TPSA) is 49.4 Å². The summed E-state index contributed by atoms with van der Waals surface area (Å²) in [5, 5.41) is 3.05. The molecule has 2 aromatic rings. The summed E-state index contributed by atoms with van der Waals surface area (Å²) in [4.78, 5) is 26.7. The lowest BCUT2D eigenvalue weighted by Crippen LogP contribution is -2.39. The van der Waals surface area contributed by atoms with Crippen molar-refractivity contribution in [3.8, 4) is 0 Å². The molecule has 1 saturated carbocycles. The van der Waals surface area contributed by atoms with Gasteiger partial charge in [-0.2, -0.15) is 0 Å². The summed E-state index contributed by atoms with van der Waals surface area (Å²) in [6.07, 6.45) is 3.81. The molecule has 1 fully saturated rings. The van der Waals surface area contributed by atoms with Crippen LogP contribution in [0.25, 0.3) is 0 Å². The van der Waals surface area contributed by atoms with Gasteiger partial charge in [0.25, 0.3) is 11.8 Å². The maximum Gasteiger partial charge on any atom is 0.254 e. The molecule has 5 heteroatoms. The molecule has 0 unspecified atom stereocenters. The lowest BCUT2D eigenvalue weighted by atomic mass is 9.85. The van der Waals surface area contributed by atoms with Crippen LogP contribution in [-0.4, -0.2) is 29.3 Å². The van der Waals surface area contributed by atoms with Crippen LogP contribution in [0.3, 0.4) is 0 Å². The van der Waals surface area contributed by atoms with Crippen LogP contribution in [0.4, 0.5) is 4.39 Å². The van der Waals surface area contributed by atoms with Crippen LogP contribution in [0.15, 0.2) is 48.5 Å². The molecule has 2 amide bonds. The van der Waals surface area contributed by atoms with Crippen molar-refractivity contribution in [3.63, 3.8) is 0 Å². The fraction of sp³-hybridized carbons (Fsp3) is 0.364. The second kappa shape index (κ2) is 7.51. The maximum absolute atomic E-state index is 13.0. The summed E-state index contributed by atoms with van der Waals surface area (Å²) >= 11 is 0. The molecule has 4 rings (SSSR count). The van der Waals surface area contributed by atoms with Crippen LogP contribution in [0, 0.1) is 11.7 Å². The highest BCUT2D eigenvalue weighted by atomic mass is 19.1. The van der Waals surface area contributed by atoms with E-state index in [0.29, 0.717) is 18.0 Å². The molecule has 0 spiro atoms. The summed E-state index contributed by atoms with van der Waals surface area (Å²) in [6, 6.07) is 13.6. The molecule has 0 aromatic heterocycles. The van der Waals surface area contributed by atoms with E-state index in [2.05, 4.69) is 5.32 Å². The molecule has 4 nitrogen and oxygen atoms in total. The van der Waals surface area contributed by atoms with Crippen LogP contribution in [-0.2, 0) is 6.54 Å². The number of nitrogens with one attached hydrogen (secondary N) is 1. The number of carbonyl (C=O) groups is 2. The number of hydrogen-bond donors (Lipinski definition) is 1. The van der Waals surface area contributed by atoms with Gasteiger partial charge < -0.3 is 10.2 Å². The third-order valence-electron chi connectivity index (χ3n) is 5.66. The number of amides is 2. The fourth-order valence-electron chi connectivity index (χ4n) is 4.13. The Kier molecular flexibility index (Phi) is 4.92. The monoisotopic (exact) mass is 366 g/mol. The Bertz CT molecular complexity index is 842. The van der Waals surface area contributed by atoms with E-state index in [-0.39, 0.29) is 23.7 Å². The normalized spacial score (nSPS) is 21.8. The van der Waals surface area contributed by atoms with E-state index in [1.807, 2.05) is 29.2 Å². The van der Waals surface area contributed by atoms with Gasteiger partial charge in [0.1, 0.15) is 5.82 Å². The van der Waals surface area contributed by atoms with Crippen LogP contribution in [0.2, 0.25) is 0 Å². The van der Waals surface area contributed by atoms with Gasteiger partial charge in [0.05, 0.1) is 0 Å². The van der Waals surface area contributed by atoms with E-state index < -0.39 is 0 Å². The van der Waals surface area contributed by atoms with Crippen molar-refractivity contribution < 1.29 is 14.0 Å². The first-order valence-electron chi connectivity index (χ1n) is 9.54. The third-order valence-corrected chi connectivity index (χ3v) is 5.66. The molecular weight excluding hydrogens is 343 g/mol. The fourth-order valence-corrected chi connectivity index (χ4v) is 4.13. The van der Waals surface area contributed by atoms with Crippen molar-refractivity contribution in [3.05, 3.63) is 71.0 Å². The molecule has 140 valence electrons. The number of rotatable bonds is 4. The smallest absolute Gasteiger partial charge is 0.254 e. The van der Waals surface area contributed by atoms with Gasteiger partial charge in [-0.05, 0) is 67.5 Å². The molecule has 1 aliphatic carbocycles. The van der Waals surface area contributed by atoms with Gasteiger partial charge in [0, 0.05) is 30.3 Å². The number of nitrogens with zero attached hydrogens (tertiary/aromatic N) is 1. The summed E-state index contributed by atoms with van der Waals surface area (Å²) in [7, 11) is 0. The summed E-state index contributed by atoms with van der Waals surface area (Å²) < 4.78 is 13.0. The average Bonchev–Trinajstić information content (AvgIpc) is 3.00. The maximum atomic E-state index is 13.0. The molecule has 0 atom stereocenters. The van der Waals surface area contributed by atoms with Gasteiger partial charge in [-0.3, -0.25) is 9.59 Å². The Hall–Kier alpha value is -2.69. The van der Waals surface area contributed by atoms with E-state index in [1.165, 1.54) is 24.3 Å². The van der Waals surface area contributed by atoms with Crippen molar-refractivity contribution in [2.75, 3.05) is 6.54 Å². The molecule has 1 N–H and O–H groups in total. The highest BCUT2D eigenvalue weighted by Gasteiger charge is 2.30. The van der Waals surface area contributed by atoms with Crippen LogP contribution in [0.5, 0.6) is 0 Å². The lowest BCUT2D eigenvalue weighted by Gasteiger charge is -2.31. The third kappa shape index (κ3) is 3.87. The average molecular weight is 366 g/mol. The van der Waals surface area contributed by atoms with Crippen molar-refractivity contribution in [1.29, 1.82) is 0 Å². The van der Waals surface area contributed by atoms with Gasteiger partial charge in [-0.15, -0.1) is 0 Å². The van der Waals surface area contributed by atoms with Crippen molar-refractivity contribution in [1.82, 2.24) is 10.2 Å². The zero-order chi connectivity index (χ0) is 18.8. The zero-order valence-electron chi connectivity index (χ0n) is 15.2. The van der Waals surface area contributed by atoms with Crippen molar-refractivity contribution in [2.24, 2.45) is 5.92 Å². The van der Waals surface area contributed by atoms with Gasteiger partial charge in [-0.25, -0.2) is 4.39 Å². The molecule has 1 heterocycles. The molecule has 27 heavy (non-hydrogen) atoms. The molecule has 2 aromatic carbocycles. The SMILES string of the molecule is O=C(NC1CCC(CN2Cc3ccccc3C2=O)CC1)c1ccc(F)cc1. The highest BCUT2D eigenvalue weighted by Crippen LogP contribution is 2.29. The van der Waals surface area contributed by atoms with Crippen LogP contribution < -0.4 is 5.32 Å². The number of carbonyl (C=O) groups excluding carboxylic acids is 2. The van der Waals surface area contributed by atoms with Crippen LogP contribution >= 0.6 is 0 Å². The quantitative estimate of drug-likeness (QED) is 0.895. The first-order valence-corrected chi connectivity index (χ1v) is 9.54. The molecule has 0 radical (unpaired) electrons. The Morgan fingerprint density at radius 2 is 1.74 bits per heavy atom. The second-order valence-corrected chi connectivity index (χ2v) is 7.54. The predicted octanol–water partition coefficient (Wildman–Crippen LogP) is 3.77. The van der Waals surface area contributed by atoms with E-state index in [4.69, 9.17) is 0 Å². The van der Waals surface area contributed by atoms with Gasteiger partial charge in [-0.1, -0.05) is 18.2 Å². The second-order valence-electron chi connectivity index (χ2n) is 7.54. The Morgan fingerprint density at radius 1 is 1.04 bits per heavy atom. The molecule has 2 aliphatic rings. The Balaban J connectivity index is 1.27. The van der Waals surface area contributed by atoms with Gasteiger partial charge in [0.15, 0.2) is 0 Å². The molecule has 1 aliphatic heterocycles. The first-order chi connectivity index (χ1) is 13.1. The van der Waals surface area contributed by atoms with E-state index in [0.717, 1.165) is 43.4 Å². The summed E-state index contributed by atoms with van der Waals surface area (Å²) in [5.74, 6) is 0.119. The molecule has 0 saturated heterocycles. The number of benzene rings is 2. The molecular formula is C22H23FN2O2. The van der Waals surface area contributed by atoms with E-state index in [9.17, 15) is 14.0 Å². The Labute approximate surface area is 158 Å². The number of halogens is 1. The summed E-state index contributed by atoms with van der Waals surface area (Å²) in [5.41, 5.74) is 2.43. The number of hydrogen-bond acceptors (Lipinski definition) is 2. The minimum Gasteiger partial charge on any atom is -0.349 e. The van der Waals surface area contributed by atoms with Crippen molar-refractivity contribution >= 4 is 11.8 Å². The Morgan fingerprint density at radius 3 is 2.44 bits per heavy atom. The predicted molar refractivity (Wildman–Crippen MR) is 101 cm³/mol. The first kappa shape index (κ1) is 17.7. The highest BCUT2D eigenvalue weighted by molar-refractivity contribution is 5.98. The van der Waals surface area contributed by atoms with Gasteiger partial charge in [0.2, 0.25) is 0 Å².